The number of halogens is 3. The maximum absolute atomic E-state index is 12.5. The van der Waals surface area contributed by atoms with Crippen molar-refractivity contribution in [3.8, 4) is 0 Å². The summed E-state index contributed by atoms with van der Waals surface area (Å²) in [5.41, 5.74) is 0.460. The van der Waals surface area contributed by atoms with Crippen LogP contribution in [0.4, 0.5) is 8.78 Å². The second-order valence-corrected chi connectivity index (χ2v) is 4.15. The molecule has 0 aliphatic carbocycles. The van der Waals surface area contributed by atoms with E-state index in [1.807, 2.05) is 0 Å². The second kappa shape index (κ2) is 4.82. The smallest absolute Gasteiger partial charge is 0.309 e. The largest absolute Gasteiger partial charge is 0.481 e. The molecule has 0 aromatic carbocycles. The van der Waals surface area contributed by atoms with E-state index in [4.69, 9.17) is 5.11 Å². The number of aryl methyl sites for hydroxylation is 1. The predicted molar refractivity (Wildman–Crippen MR) is 58.0 cm³/mol. The van der Waals surface area contributed by atoms with Gasteiger partial charge in [0.05, 0.1) is 12.1 Å². The Hall–Kier alpha value is -0.790. The summed E-state index contributed by atoms with van der Waals surface area (Å²) in [6.07, 6.45) is -3.01. The van der Waals surface area contributed by atoms with E-state index in [2.05, 4.69) is 4.98 Å². The van der Waals surface area contributed by atoms with Gasteiger partial charge in [-0.15, -0.1) is 0 Å². The lowest BCUT2D eigenvalue weighted by molar-refractivity contribution is -0.136. The molecule has 82 valence electrons. The highest BCUT2D eigenvalue weighted by Crippen LogP contribution is 2.24. The zero-order valence-corrected chi connectivity index (χ0v) is 9.96. The molecule has 1 N–H and O–H groups in total. The number of carboxylic acids is 1. The third-order valence-corrected chi connectivity index (χ3v) is 2.69. The lowest BCUT2D eigenvalue weighted by atomic mass is 10.1. The Morgan fingerprint density at radius 2 is 2.27 bits per heavy atom. The number of carbonyl (C=O) groups is 1. The molecule has 1 aromatic heterocycles. The summed E-state index contributed by atoms with van der Waals surface area (Å²) in [7, 11) is 0. The molecule has 0 aliphatic rings. The fourth-order valence-corrected chi connectivity index (χ4v) is 1.93. The highest BCUT2D eigenvalue weighted by atomic mass is 127. The molecule has 0 bridgehead atoms. The van der Waals surface area contributed by atoms with Crippen LogP contribution in [0, 0.1) is 10.5 Å². The summed E-state index contributed by atoms with van der Waals surface area (Å²) < 4.78 is 25.3. The van der Waals surface area contributed by atoms with Crippen molar-refractivity contribution in [2.75, 3.05) is 0 Å². The minimum atomic E-state index is -2.68. The average Bonchev–Trinajstić information content (AvgIpc) is 2.08. The third-order valence-electron chi connectivity index (χ3n) is 1.82. The van der Waals surface area contributed by atoms with Crippen LogP contribution in [0.2, 0.25) is 0 Å². The fraction of sp³-hybridized carbons (Fsp3) is 0.333. The number of hydrogen-bond acceptors (Lipinski definition) is 2. The Balaban J connectivity index is 3.17. The number of hydrogen-bond donors (Lipinski definition) is 1. The van der Waals surface area contributed by atoms with Gasteiger partial charge in [0.25, 0.3) is 6.43 Å². The maximum Gasteiger partial charge on any atom is 0.309 e. The molecule has 0 fully saturated rings. The third kappa shape index (κ3) is 3.08. The van der Waals surface area contributed by atoms with E-state index in [-0.39, 0.29) is 17.8 Å². The van der Waals surface area contributed by atoms with E-state index in [9.17, 15) is 13.6 Å². The Labute approximate surface area is 98.7 Å². The minimum Gasteiger partial charge on any atom is -0.481 e. The normalized spacial score (nSPS) is 10.7. The SMILES string of the molecule is Cc1cc(I)c(C(F)F)nc1CC(=O)O. The molecule has 1 rings (SSSR count). The Bertz CT molecular complexity index is 396. The number of rotatable bonds is 3. The van der Waals surface area contributed by atoms with Crippen LogP contribution in [-0.4, -0.2) is 16.1 Å². The first-order chi connectivity index (χ1) is 6.91. The maximum atomic E-state index is 12.5. The van der Waals surface area contributed by atoms with Crippen molar-refractivity contribution in [1.82, 2.24) is 4.98 Å². The summed E-state index contributed by atoms with van der Waals surface area (Å²) in [4.78, 5) is 14.1. The quantitative estimate of drug-likeness (QED) is 0.868. The number of aliphatic carboxylic acids is 1. The molecule has 1 heterocycles. The highest BCUT2D eigenvalue weighted by molar-refractivity contribution is 14.1. The minimum absolute atomic E-state index is 0.193. The van der Waals surface area contributed by atoms with Gasteiger partial charge in [0, 0.05) is 3.57 Å². The second-order valence-electron chi connectivity index (χ2n) is 2.99. The van der Waals surface area contributed by atoms with Crippen LogP contribution in [0.3, 0.4) is 0 Å². The molecule has 6 heteroatoms. The lowest BCUT2D eigenvalue weighted by Crippen LogP contribution is -2.08. The first-order valence-electron chi connectivity index (χ1n) is 4.07. The van der Waals surface area contributed by atoms with Gasteiger partial charge in [-0.05, 0) is 41.1 Å². The molecule has 1 aromatic rings. The summed E-state index contributed by atoms with van der Waals surface area (Å²) in [6, 6.07) is 1.52. The van der Waals surface area contributed by atoms with E-state index in [1.165, 1.54) is 6.07 Å². The number of carboxylic acid groups (broad SMARTS) is 1. The first kappa shape index (κ1) is 12.3. The first-order valence-corrected chi connectivity index (χ1v) is 5.15. The molecule has 0 amide bonds. The van der Waals surface area contributed by atoms with E-state index in [1.54, 1.807) is 29.5 Å². The summed E-state index contributed by atoms with van der Waals surface area (Å²) >= 11 is 1.76. The summed E-state index contributed by atoms with van der Waals surface area (Å²) in [5.74, 6) is -1.08. The summed E-state index contributed by atoms with van der Waals surface area (Å²) in [6.45, 7) is 1.66. The van der Waals surface area contributed by atoms with Gasteiger partial charge in [-0.3, -0.25) is 4.79 Å². The van der Waals surface area contributed by atoms with E-state index < -0.39 is 12.4 Å². The van der Waals surface area contributed by atoms with Crippen LogP contribution in [0.25, 0.3) is 0 Å². The van der Waals surface area contributed by atoms with Crippen molar-refractivity contribution in [2.45, 2.75) is 19.8 Å². The summed E-state index contributed by atoms with van der Waals surface area (Å²) in [5, 5.41) is 8.56. The van der Waals surface area contributed by atoms with E-state index >= 15 is 0 Å². The highest BCUT2D eigenvalue weighted by Gasteiger charge is 2.17. The van der Waals surface area contributed by atoms with Crippen LogP contribution in [0.15, 0.2) is 6.07 Å². The Morgan fingerprint density at radius 1 is 1.67 bits per heavy atom. The van der Waals surface area contributed by atoms with E-state index in [0.717, 1.165) is 0 Å². The van der Waals surface area contributed by atoms with Crippen molar-refractivity contribution in [3.05, 3.63) is 26.6 Å². The predicted octanol–water partition coefficient (Wildman–Crippen LogP) is 2.56. The van der Waals surface area contributed by atoms with Gasteiger partial charge in [0.1, 0.15) is 5.69 Å². The molecule has 0 saturated heterocycles. The van der Waals surface area contributed by atoms with Crippen molar-refractivity contribution < 1.29 is 18.7 Å². The molecular weight excluding hydrogens is 319 g/mol. The zero-order chi connectivity index (χ0) is 11.6. The molecule has 0 aliphatic heterocycles. The van der Waals surface area contributed by atoms with Gasteiger partial charge in [-0.25, -0.2) is 13.8 Å². The fourth-order valence-electron chi connectivity index (χ4n) is 1.11. The van der Waals surface area contributed by atoms with Crippen LogP contribution in [0.5, 0.6) is 0 Å². The number of aromatic nitrogens is 1. The Morgan fingerprint density at radius 3 is 2.73 bits per heavy atom. The Kier molecular flexibility index (Phi) is 3.95. The number of nitrogens with zero attached hydrogens (tertiary/aromatic N) is 1. The van der Waals surface area contributed by atoms with Gasteiger partial charge < -0.3 is 5.11 Å². The van der Waals surface area contributed by atoms with Crippen LogP contribution >= 0.6 is 22.6 Å². The molecule has 0 spiro atoms. The van der Waals surface area contributed by atoms with Crippen molar-refractivity contribution in [3.63, 3.8) is 0 Å². The van der Waals surface area contributed by atoms with E-state index in [0.29, 0.717) is 9.13 Å². The monoisotopic (exact) mass is 327 g/mol. The van der Waals surface area contributed by atoms with Gasteiger partial charge >= 0.3 is 5.97 Å². The van der Waals surface area contributed by atoms with Crippen LogP contribution in [0.1, 0.15) is 23.4 Å². The molecule has 0 unspecified atom stereocenters. The molecule has 0 saturated carbocycles. The molecule has 0 atom stereocenters. The molecule has 15 heavy (non-hydrogen) atoms. The molecule has 3 nitrogen and oxygen atoms in total. The van der Waals surface area contributed by atoms with Crippen LogP contribution in [-0.2, 0) is 11.2 Å². The van der Waals surface area contributed by atoms with Gasteiger partial charge in [-0.1, -0.05) is 0 Å². The average molecular weight is 327 g/mol. The zero-order valence-electron chi connectivity index (χ0n) is 7.80. The van der Waals surface area contributed by atoms with Crippen molar-refractivity contribution in [2.24, 2.45) is 0 Å². The van der Waals surface area contributed by atoms with Crippen LogP contribution < -0.4 is 0 Å². The lowest BCUT2D eigenvalue weighted by Gasteiger charge is -2.08. The standard InChI is InChI=1S/C9H8F2INO2/c1-4-2-5(12)8(9(10)11)13-6(4)3-7(14)15/h2,9H,3H2,1H3,(H,14,15). The molecular formula is C9H8F2INO2. The topological polar surface area (TPSA) is 50.2 Å². The van der Waals surface area contributed by atoms with Gasteiger partial charge in [0.15, 0.2) is 0 Å². The molecule has 0 radical (unpaired) electrons. The number of alkyl halides is 2. The van der Waals surface area contributed by atoms with Crippen molar-refractivity contribution in [1.29, 1.82) is 0 Å². The van der Waals surface area contributed by atoms with Gasteiger partial charge in [0.2, 0.25) is 0 Å². The van der Waals surface area contributed by atoms with Crippen molar-refractivity contribution >= 4 is 28.6 Å². The van der Waals surface area contributed by atoms with Gasteiger partial charge in [-0.2, -0.15) is 0 Å². The number of pyridine rings is 1.